The molecule has 1 rings (SSSR count). The molecule has 0 radical (unpaired) electrons. The lowest BCUT2D eigenvalue weighted by Crippen LogP contribution is -2.64. The first-order valence-corrected chi connectivity index (χ1v) is 27.9. The third kappa shape index (κ3) is 19.1. The summed E-state index contributed by atoms with van der Waals surface area (Å²) in [7, 11) is -7.35. The van der Waals surface area contributed by atoms with Crippen molar-refractivity contribution >= 4 is 50.9 Å². The van der Waals surface area contributed by atoms with Crippen molar-refractivity contribution < 1.29 is 25.3 Å². The second-order valence-corrected chi connectivity index (χ2v) is 34.9. The number of hydrogen-bond acceptors (Lipinski definition) is 6. The highest BCUT2D eigenvalue weighted by Gasteiger charge is 2.50. The van der Waals surface area contributed by atoms with Gasteiger partial charge in [0.15, 0.2) is 0 Å². The predicted molar refractivity (Wildman–Crippen MR) is 135 cm³/mol. The van der Waals surface area contributed by atoms with Crippen LogP contribution in [0.2, 0.25) is 91.7 Å². The van der Waals surface area contributed by atoms with Crippen molar-refractivity contribution in [1.82, 2.24) is 0 Å². The van der Waals surface area contributed by atoms with Crippen LogP contribution < -0.4 is 0 Å². The quantitative estimate of drug-likeness (QED) is 0.442. The Morgan fingerprint density at radius 1 is 0.464 bits per heavy atom. The van der Waals surface area contributed by atoms with Gasteiger partial charge in [-0.2, -0.15) is 0 Å². The maximum atomic E-state index is 6.16. The van der Waals surface area contributed by atoms with E-state index in [0.717, 1.165) is 0 Å². The zero-order valence-corrected chi connectivity index (χ0v) is 27.4. The fourth-order valence-electron chi connectivity index (χ4n) is 2.53. The van der Waals surface area contributed by atoms with Crippen LogP contribution in [0.1, 0.15) is 0 Å². The van der Waals surface area contributed by atoms with Gasteiger partial charge in [0.2, 0.25) is 0 Å². The Morgan fingerprint density at radius 3 is 0.679 bits per heavy atom. The maximum absolute atomic E-state index is 6.16. The molecule has 0 N–H and O–H groups in total. The molecule has 0 aromatic rings. The van der Waals surface area contributed by atoms with Crippen LogP contribution in [0, 0.1) is 0 Å². The highest BCUT2D eigenvalue weighted by Crippen LogP contribution is 2.30. The van der Waals surface area contributed by atoms with Crippen LogP contribution in [0.3, 0.4) is 0 Å². The summed E-state index contributed by atoms with van der Waals surface area (Å²) < 4.78 is 34.6. The van der Waals surface area contributed by atoms with Gasteiger partial charge in [-0.3, -0.25) is 0 Å². The second kappa shape index (κ2) is 11.1. The molecule has 0 aromatic carbocycles. The van der Waals surface area contributed by atoms with Crippen LogP contribution in [0.15, 0.2) is 0 Å². The molecule has 6 nitrogen and oxygen atoms in total. The van der Waals surface area contributed by atoms with E-state index in [9.17, 15) is 0 Å². The Morgan fingerprint density at radius 2 is 0.607 bits per heavy atom. The lowest BCUT2D eigenvalue weighted by Gasteiger charge is -2.46. The largest absolute Gasteiger partial charge is 0.416 e. The Hall–Kier alpha value is 1.06. The molecule has 0 saturated carbocycles. The van der Waals surface area contributed by atoms with E-state index in [4.69, 9.17) is 25.3 Å². The zero-order valence-electron chi connectivity index (χ0n) is 21.4. The fourth-order valence-corrected chi connectivity index (χ4v) is 23.8. The molecule has 0 aliphatic carbocycles. The second-order valence-electron chi connectivity index (χ2n) is 10.8. The predicted octanol–water partition coefficient (Wildman–Crippen LogP) is 5.81. The minimum atomic E-state index is -2.11. The van der Waals surface area contributed by atoms with Crippen LogP contribution in [0.25, 0.3) is 0 Å². The monoisotopic (exact) mass is 504 g/mol. The topological polar surface area (TPSA) is 55.4 Å². The van der Waals surface area contributed by atoms with Crippen molar-refractivity contribution in [2.45, 2.75) is 91.7 Å². The van der Waals surface area contributed by atoms with Crippen molar-refractivity contribution in [2.75, 3.05) is 14.2 Å². The molecule has 0 aromatic heterocycles. The smallest absolute Gasteiger partial charge is 0.331 e. The van der Waals surface area contributed by atoms with E-state index in [1.807, 2.05) is 13.1 Å². The zero-order chi connectivity index (χ0) is 23.2. The van der Waals surface area contributed by atoms with E-state index in [1.54, 1.807) is 14.2 Å². The van der Waals surface area contributed by atoms with Gasteiger partial charge in [0, 0.05) is 22.3 Å². The summed E-state index contributed by atoms with van der Waals surface area (Å²) in [5.41, 5.74) is 0. The van der Waals surface area contributed by atoms with Gasteiger partial charge in [-0.15, -0.1) is 0 Å². The minimum absolute atomic E-state index is 0.611. The van der Waals surface area contributed by atoms with Crippen molar-refractivity contribution in [2.24, 2.45) is 0 Å². The fraction of sp³-hybridized carbons (Fsp3) is 1.00. The highest BCUT2D eigenvalue weighted by atomic mass is 28.5. The van der Waals surface area contributed by atoms with Gasteiger partial charge in [0.05, 0.1) is 0 Å². The summed E-state index contributed by atoms with van der Waals surface area (Å²) >= 11 is 0. The molecule has 0 unspecified atom stereocenters. The molecule has 1 fully saturated rings. The van der Waals surface area contributed by atoms with Crippen LogP contribution in [-0.4, -0.2) is 65.1 Å². The van der Waals surface area contributed by atoms with Crippen LogP contribution >= 0.6 is 0 Å². The molecule has 28 heavy (non-hydrogen) atoms. The van der Waals surface area contributed by atoms with Crippen molar-refractivity contribution in [3.63, 3.8) is 0 Å². The first-order valence-electron chi connectivity index (χ1n) is 9.86. The van der Waals surface area contributed by atoms with Crippen molar-refractivity contribution in [3.8, 4) is 0 Å². The normalized spacial score (nSPS) is 23.1. The van der Waals surface area contributed by atoms with Crippen molar-refractivity contribution in [3.05, 3.63) is 0 Å². The van der Waals surface area contributed by atoms with Gasteiger partial charge in [-0.1, -0.05) is 26.2 Å². The summed E-state index contributed by atoms with van der Waals surface area (Å²) in [5, 5.41) is 0. The van der Waals surface area contributed by atoms with E-state index >= 15 is 0 Å². The molecule has 172 valence electrons. The average molecular weight is 505 g/mol. The molecule has 0 spiro atoms. The lowest BCUT2D eigenvalue weighted by atomic mass is 11.8. The van der Waals surface area contributed by atoms with Gasteiger partial charge in [-0.05, 0) is 65.5 Å². The molecule has 0 atom stereocenters. The SMILES string of the molecule is CO[Si](C)(C)OC.C[Si](C)(C)C.C[Si]1(C)O[Si](C)(C)O[Si](C)(C)O[Si](C)(C)O1. The Labute approximate surface area is 181 Å². The Bertz CT molecular complexity index is 379. The first kappa shape index (κ1) is 31.2. The van der Waals surface area contributed by atoms with Gasteiger partial charge < -0.3 is 25.3 Å². The van der Waals surface area contributed by atoms with E-state index in [-0.39, 0.29) is 0 Å². The summed E-state index contributed by atoms with van der Waals surface area (Å²) in [4.78, 5) is 0. The number of hydrogen-bond donors (Lipinski definition) is 0. The van der Waals surface area contributed by atoms with Gasteiger partial charge in [0.1, 0.15) is 0 Å². The van der Waals surface area contributed by atoms with E-state index in [1.165, 1.54) is 0 Å². The van der Waals surface area contributed by atoms with Crippen LogP contribution in [-0.2, 0) is 25.3 Å². The maximum Gasteiger partial charge on any atom is 0.331 e. The molecule has 1 saturated heterocycles. The van der Waals surface area contributed by atoms with Crippen LogP contribution in [0.4, 0.5) is 0 Å². The third-order valence-electron chi connectivity index (χ3n) is 2.95. The molecule has 0 bridgehead atoms. The van der Waals surface area contributed by atoms with Crippen molar-refractivity contribution in [1.29, 1.82) is 0 Å². The summed E-state index contributed by atoms with van der Waals surface area (Å²) in [6, 6.07) is 0. The Kier molecular flexibility index (Phi) is 12.4. The molecular weight excluding hydrogens is 457 g/mol. The molecule has 1 aliphatic heterocycles. The standard InChI is InChI=1S/C8H24O4Si4.C4H12O2Si.C4H12Si/c1-13(2)9-14(3,4)11-16(7,8)12-15(5,6)10-13;1-5-7(3,4)6-2;1-5(2,3)4/h1-8H3;1-4H3;1-4H3. The minimum Gasteiger partial charge on any atom is -0.416 e. The molecule has 1 heterocycles. The molecule has 1 aliphatic rings. The summed E-state index contributed by atoms with van der Waals surface area (Å²) in [5.74, 6) is 0. The van der Waals surface area contributed by atoms with E-state index < -0.39 is 50.9 Å². The number of rotatable bonds is 2. The van der Waals surface area contributed by atoms with Gasteiger partial charge in [0.25, 0.3) is 0 Å². The Balaban J connectivity index is 0. The van der Waals surface area contributed by atoms with E-state index in [0.29, 0.717) is 0 Å². The highest BCUT2D eigenvalue weighted by molar-refractivity contribution is 6.92. The lowest BCUT2D eigenvalue weighted by molar-refractivity contribution is 0.238. The van der Waals surface area contributed by atoms with E-state index in [2.05, 4.69) is 78.6 Å². The average Bonchev–Trinajstić information content (AvgIpc) is 2.29. The van der Waals surface area contributed by atoms with Crippen LogP contribution in [0.5, 0.6) is 0 Å². The first-order chi connectivity index (χ1) is 11.9. The van der Waals surface area contributed by atoms with Gasteiger partial charge >= 0.3 is 42.8 Å². The molecule has 12 heteroatoms. The summed E-state index contributed by atoms with van der Waals surface area (Å²) in [6.07, 6.45) is 0. The molecular formula is C16H48O6Si6. The molecule has 0 amide bonds. The summed E-state index contributed by atoms with van der Waals surface area (Å²) in [6.45, 7) is 29.9. The third-order valence-corrected chi connectivity index (χ3v) is 20.6. The van der Waals surface area contributed by atoms with Gasteiger partial charge in [-0.25, -0.2) is 0 Å².